The smallest absolute Gasteiger partial charge is 0.308 e. The Hall–Kier alpha value is -2.36. The van der Waals surface area contributed by atoms with Gasteiger partial charge >= 0.3 is 11.9 Å². The van der Waals surface area contributed by atoms with Crippen LogP contribution in [-0.2, 0) is 20.7 Å². The second kappa shape index (κ2) is 7.23. The number of hydrogen-bond acceptors (Lipinski definition) is 4. The molecule has 0 radical (unpaired) electrons. The lowest BCUT2D eigenvalue weighted by Crippen LogP contribution is -2.39. The van der Waals surface area contributed by atoms with Crippen LogP contribution < -0.4 is 4.74 Å². The molecule has 0 saturated carbocycles. The number of esters is 2. The normalized spacial score (nSPS) is 25.4. The van der Waals surface area contributed by atoms with E-state index in [2.05, 4.69) is 19.1 Å². The van der Waals surface area contributed by atoms with Crippen molar-refractivity contribution in [3.8, 4) is 5.75 Å². The van der Waals surface area contributed by atoms with Crippen LogP contribution in [0.5, 0.6) is 5.75 Å². The molecule has 148 valence electrons. The van der Waals surface area contributed by atoms with Crippen molar-refractivity contribution < 1.29 is 19.1 Å². The van der Waals surface area contributed by atoms with Gasteiger partial charge in [-0.05, 0) is 72.1 Å². The third kappa shape index (κ3) is 3.09. The molecule has 1 aromatic carbocycles. The molecule has 0 aliphatic heterocycles. The van der Waals surface area contributed by atoms with Crippen LogP contribution in [0.15, 0.2) is 35.4 Å². The van der Waals surface area contributed by atoms with Gasteiger partial charge in [0.15, 0.2) is 0 Å². The van der Waals surface area contributed by atoms with E-state index in [-0.39, 0.29) is 23.5 Å². The van der Waals surface area contributed by atoms with Crippen molar-refractivity contribution >= 4 is 17.5 Å². The van der Waals surface area contributed by atoms with Gasteiger partial charge in [-0.3, -0.25) is 9.59 Å². The highest BCUT2D eigenvalue weighted by molar-refractivity contribution is 5.80. The highest BCUT2D eigenvalue weighted by atomic mass is 16.5. The van der Waals surface area contributed by atoms with Gasteiger partial charge in [0.1, 0.15) is 11.9 Å². The highest BCUT2D eigenvalue weighted by Gasteiger charge is 2.50. The number of rotatable bonds is 4. The summed E-state index contributed by atoms with van der Waals surface area (Å²) in [6.45, 7) is 5.16. The Morgan fingerprint density at radius 2 is 1.93 bits per heavy atom. The number of carbonyl (C=O) groups is 2. The standard InChI is InChI=1S/C24H28O4/c1-4-12-24-13-11-20-19-8-6-18(27-15(2)25)14-17(19)5-7-21(20)22(24)9-10-23(24)28-16(3)26/h6,8-9,14,23H,4-5,7,10-13H2,1-3H3/t23-,24+/m0/s1. The number of hydrogen-bond donors (Lipinski definition) is 0. The Kier molecular flexibility index (Phi) is 4.90. The summed E-state index contributed by atoms with van der Waals surface area (Å²) in [6, 6.07) is 6.02. The average molecular weight is 380 g/mol. The topological polar surface area (TPSA) is 52.6 Å². The van der Waals surface area contributed by atoms with Crippen molar-refractivity contribution in [1.82, 2.24) is 0 Å². The molecule has 2 atom stereocenters. The van der Waals surface area contributed by atoms with Crippen LogP contribution in [0.1, 0.15) is 70.4 Å². The maximum Gasteiger partial charge on any atom is 0.308 e. The van der Waals surface area contributed by atoms with E-state index in [1.54, 1.807) is 0 Å². The summed E-state index contributed by atoms with van der Waals surface area (Å²) in [5.41, 5.74) is 6.85. The van der Waals surface area contributed by atoms with E-state index in [0.717, 1.165) is 44.9 Å². The zero-order valence-corrected chi connectivity index (χ0v) is 17.0. The van der Waals surface area contributed by atoms with Crippen molar-refractivity contribution in [3.63, 3.8) is 0 Å². The quantitative estimate of drug-likeness (QED) is 0.535. The molecule has 4 nitrogen and oxygen atoms in total. The molecule has 1 aromatic rings. The minimum atomic E-state index is -0.287. The molecule has 0 saturated heterocycles. The van der Waals surface area contributed by atoms with Gasteiger partial charge in [-0.15, -0.1) is 0 Å². The van der Waals surface area contributed by atoms with Gasteiger partial charge < -0.3 is 9.47 Å². The van der Waals surface area contributed by atoms with Gasteiger partial charge in [0.2, 0.25) is 0 Å². The van der Waals surface area contributed by atoms with Crippen LogP contribution >= 0.6 is 0 Å². The molecule has 0 fully saturated rings. The molecule has 4 heteroatoms. The second-order valence-electron chi connectivity index (χ2n) is 8.23. The summed E-state index contributed by atoms with van der Waals surface area (Å²) in [5, 5.41) is 0. The third-order valence-corrected chi connectivity index (χ3v) is 6.51. The molecule has 0 spiro atoms. The third-order valence-electron chi connectivity index (χ3n) is 6.51. The average Bonchev–Trinajstić information content (AvgIpc) is 2.99. The molecule has 0 N–H and O–H groups in total. The largest absolute Gasteiger partial charge is 0.461 e. The molecular weight excluding hydrogens is 352 g/mol. The summed E-state index contributed by atoms with van der Waals surface area (Å²) in [6.07, 6.45) is 9.24. The van der Waals surface area contributed by atoms with Gasteiger partial charge in [0.05, 0.1) is 0 Å². The van der Waals surface area contributed by atoms with E-state index in [0.29, 0.717) is 5.75 Å². The van der Waals surface area contributed by atoms with Gasteiger partial charge in [-0.1, -0.05) is 25.5 Å². The van der Waals surface area contributed by atoms with Gasteiger partial charge in [-0.25, -0.2) is 0 Å². The lowest BCUT2D eigenvalue weighted by molar-refractivity contribution is -0.151. The Morgan fingerprint density at radius 1 is 1.11 bits per heavy atom. The first-order chi connectivity index (χ1) is 13.4. The highest BCUT2D eigenvalue weighted by Crippen LogP contribution is 2.58. The maximum atomic E-state index is 11.7. The number of aryl methyl sites for hydroxylation is 1. The van der Waals surface area contributed by atoms with E-state index < -0.39 is 0 Å². The van der Waals surface area contributed by atoms with Crippen LogP contribution in [0, 0.1) is 5.41 Å². The van der Waals surface area contributed by atoms with Crippen molar-refractivity contribution in [3.05, 3.63) is 46.5 Å². The number of carbonyl (C=O) groups excluding carboxylic acids is 2. The second-order valence-corrected chi connectivity index (χ2v) is 8.23. The molecule has 0 bridgehead atoms. The van der Waals surface area contributed by atoms with Crippen molar-refractivity contribution in [2.45, 2.75) is 71.8 Å². The van der Waals surface area contributed by atoms with E-state index in [9.17, 15) is 9.59 Å². The summed E-state index contributed by atoms with van der Waals surface area (Å²) >= 11 is 0. The van der Waals surface area contributed by atoms with Gasteiger partial charge in [0.25, 0.3) is 0 Å². The zero-order valence-electron chi connectivity index (χ0n) is 17.0. The SMILES string of the molecule is CCC[C@@]12CCC3=C(CCc4cc(OC(C)=O)ccc43)C1=CC[C@@H]2OC(C)=O. The Bertz CT molecular complexity index is 892. The molecule has 0 heterocycles. The van der Waals surface area contributed by atoms with Crippen LogP contribution in [0.3, 0.4) is 0 Å². The van der Waals surface area contributed by atoms with E-state index in [4.69, 9.17) is 9.47 Å². The Balaban J connectivity index is 1.71. The van der Waals surface area contributed by atoms with Gasteiger partial charge in [0, 0.05) is 25.7 Å². The number of allylic oxidation sites excluding steroid dienone is 2. The summed E-state index contributed by atoms with van der Waals surface area (Å²) in [7, 11) is 0. The zero-order chi connectivity index (χ0) is 19.9. The Labute approximate surface area is 166 Å². The van der Waals surface area contributed by atoms with Crippen LogP contribution in [0.2, 0.25) is 0 Å². The number of benzene rings is 1. The fourth-order valence-corrected chi connectivity index (χ4v) is 5.58. The van der Waals surface area contributed by atoms with Crippen molar-refractivity contribution in [2.24, 2.45) is 5.41 Å². The predicted octanol–water partition coefficient (Wildman–Crippen LogP) is 5.15. The van der Waals surface area contributed by atoms with Crippen molar-refractivity contribution in [2.75, 3.05) is 0 Å². The van der Waals surface area contributed by atoms with Crippen molar-refractivity contribution in [1.29, 1.82) is 0 Å². The Morgan fingerprint density at radius 3 is 2.64 bits per heavy atom. The van der Waals surface area contributed by atoms with Crippen LogP contribution in [-0.4, -0.2) is 18.0 Å². The molecule has 3 aliphatic carbocycles. The molecular formula is C24H28O4. The lowest BCUT2D eigenvalue weighted by Gasteiger charge is -2.44. The molecule has 0 aromatic heterocycles. The van der Waals surface area contributed by atoms with E-state index >= 15 is 0 Å². The molecule has 28 heavy (non-hydrogen) atoms. The fraction of sp³-hybridized carbons (Fsp3) is 0.500. The minimum Gasteiger partial charge on any atom is -0.461 e. The molecule has 3 aliphatic rings. The molecule has 0 unspecified atom stereocenters. The summed E-state index contributed by atoms with van der Waals surface area (Å²) < 4.78 is 11.0. The molecule has 4 rings (SSSR count). The predicted molar refractivity (Wildman–Crippen MR) is 108 cm³/mol. The first kappa shape index (κ1) is 19.0. The van der Waals surface area contributed by atoms with E-state index in [1.165, 1.54) is 41.7 Å². The number of fused-ring (bicyclic) bond motifs is 4. The first-order valence-electron chi connectivity index (χ1n) is 10.4. The number of ether oxygens (including phenoxy) is 2. The minimum absolute atomic E-state index is 0.0194. The summed E-state index contributed by atoms with van der Waals surface area (Å²) in [5.74, 6) is 0.161. The first-order valence-corrected chi connectivity index (χ1v) is 10.4. The summed E-state index contributed by atoms with van der Waals surface area (Å²) in [4.78, 5) is 22.9. The van der Waals surface area contributed by atoms with Crippen LogP contribution in [0.25, 0.3) is 5.57 Å². The molecule has 0 amide bonds. The maximum absolute atomic E-state index is 11.7. The fourth-order valence-electron chi connectivity index (χ4n) is 5.58. The van der Waals surface area contributed by atoms with Gasteiger partial charge in [-0.2, -0.15) is 0 Å². The van der Waals surface area contributed by atoms with Crippen LogP contribution in [0.4, 0.5) is 0 Å². The lowest BCUT2D eigenvalue weighted by atomic mass is 9.62. The monoisotopic (exact) mass is 380 g/mol. The van der Waals surface area contributed by atoms with E-state index in [1.807, 2.05) is 12.1 Å².